The van der Waals surface area contributed by atoms with E-state index in [-0.39, 0.29) is 17.7 Å². The standard InChI is InChI=1S/C23H45N3O5/c1-4-6-8-13-21(27)24-15-11-10-12-20(26-22(28)14-9-7-5-2)23(29)25-16-17-31-19-18-30-3/h20H,4-19H2,1-3H3,(H,24,27)(H,25,29)(H,26,28)/t20-/m0/s1. The summed E-state index contributed by atoms with van der Waals surface area (Å²) in [6.07, 6.45) is 9.03. The number of rotatable bonds is 21. The van der Waals surface area contributed by atoms with E-state index in [9.17, 15) is 14.4 Å². The van der Waals surface area contributed by atoms with E-state index in [1.165, 1.54) is 0 Å². The molecule has 3 N–H and O–H groups in total. The summed E-state index contributed by atoms with van der Waals surface area (Å²) in [6, 6.07) is -0.562. The molecule has 0 saturated heterocycles. The first kappa shape index (κ1) is 29.3. The molecule has 0 aliphatic rings. The van der Waals surface area contributed by atoms with E-state index in [1.807, 2.05) is 0 Å². The predicted octanol–water partition coefficient (Wildman–Crippen LogP) is 2.70. The van der Waals surface area contributed by atoms with Crippen molar-refractivity contribution in [2.24, 2.45) is 0 Å². The fourth-order valence-electron chi connectivity index (χ4n) is 3.01. The second kappa shape index (κ2) is 21.6. The molecule has 0 radical (unpaired) electrons. The number of hydrogen-bond donors (Lipinski definition) is 3. The van der Waals surface area contributed by atoms with Crippen LogP contribution in [0, 0.1) is 0 Å². The zero-order chi connectivity index (χ0) is 23.2. The van der Waals surface area contributed by atoms with Crippen molar-refractivity contribution in [3.05, 3.63) is 0 Å². The van der Waals surface area contributed by atoms with E-state index in [1.54, 1.807) is 7.11 Å². The Balaban J connectivity index is 4.28. The van der Waals surface area contributed by atoms with Crippen molar-refractivity contribution >= 4 is 17.7 Å². The highest BCUT2D eigenvalue weighted by molar-refractivity contribution is 5.87. The maximum Gasteiger partial charge on any atom is 0.242 e. The van der Waals surface area contributed by atoms with Gasteiger partial charge >= 0.3 is 0 Å². The first-order valence-electron chi connectivity index (χ1n) is 12.0. The molecule has 0 aromatic heterocycles. The van der Waals surface area contributed by atoms with Crippen LogP contribution in [0.5, 0.6) is 0 Å². The Morgan fingerprint density at radius 3 is 2.06 bits per heavy atom. The molecule has 0 aliphatic heterocycles. The lowest BCUT2D eigenvalue weighted by Gasteiger charge is -2.19. The number of ether oxygens (including phenoxy) is 2. The van der Waals surface area contributed by atoms with Crippen molar-refractivity contribution in [3.63, 3.8) is 0 Å². The van der Waals surface area contributed by atoms with Crippen LogP contribution in [0.4, 0.5) is 0 Å². The van der Waals surface area contributed by atoms with Gasteiger partial charge in [-0.25, -0.2) is 0 Å². The highest BCUT2D eigenvalue weighted by atomic mass is 16.5. The van der Waals surface area contributed by atoms with Gasteiger partial charge in [-0.1, -0.05) is 39.5 Å². The summed E-state index contributed by atoms with van der Waals surface area (Å²) in [5, 5.41) is 8.63. The number of nitrogens with one attached hydrogen (secondary N) is 3. The summed E-state index contributed by atoms with van der Waals surface area (Å²) in [5.74, 6) is -0.197. The monoisotopic (exact) mass is 443 g/mol. The Morgan fingerprint density at radius 1 is 0.742 bits per heavy atom. The molecular weight excluding hydrogens is 398 g/mol. The quantitative estimate of drug-likeness (QED) is 0.237. The van der Waals surface area contributed by atoms with E-state index in [2.05, 4.69) is 29.8 Å². The lowest BCUT2D eigenvalue weighted by atomic mass is 10.1. The van der Waals surface area contributed by atoms with E-state index < -0.39 is 6.04 Å². The van der Waals surface area contributed by atoms with Crippen LogP contribution in [0.3, 0.4) is 0 Å². The largest absolute Gasteiger partial charge is 0.382 e. The Bertz CT molecular complexity index is 474. The van der Waals surface area contributed by atoms with Crippen LogP contribution < -0.4 is 16.0 Å². The van der Waals surface area contributed by atoms with Crippen LogP contribution in [0.15, 0.2) is 0 Å². The summed E-state index contributed by atoms with van der Waals surface area (Å²) >= 11 is 0. The Labute approximate surface area is 188 Å². The smallest absolute Gasteiger partial charge is 0.242 e. The van der Waals surface area contributed by atoms with Gasteiger partial charge in [-0.2, -0.15) is 0 Å². The fraction of sp³-hybridized carbons (Fsp3) is 0.870. The Hall–Kier alpha value is -1.67. The SMILES string of the molecule is CCCCCC(=O)NCCCC[C@H](NC(=O)CCCCC)C(=O)NCCOCCOC. The molecule has 0 rings (SSSR count). The fourth-order valence-corrected chi connectivity index (χ4v) is 3.01. The van der Waals surface area contributed by atoms with Gasteiger partial charge < -0.3 is 25.4 Å². The average Bonchev–Trinajstić information content (AvgIpc) is 2.75. The molecule has 0 fully saturated rings. The predicted molar refractivity (Wildman–Crippen MR) is 123 cm³/mol. The van der Waals surface area contributed by atoms with Crippen molar-refractivity contribution in [2.75, 3.05) is 40.0 Å². The van der Waals surface area contributed by atoms with E-state index in [0.29, 0.717) is 52.2 Å². The van der Waals surface area contributed by atoms with Crippen molar-refractivity contribution < 1.29 is 23.9 Å². The van der Waals surface area contributed by atoms with Gasteiger partial charge in [-0.3, -0.25) is 14.4 Å². The first-order chi connectivity index (χ1) is 15.0. The van der Waals surface area contributed by atoms with Gasteiger partial charge in [0.25, 0.3) is 0 Å². The summed E-state index contributed by atoms with van der Waals surface area (Å²) in [6.45, 7) is 6.58. The van der Waals surface area contributed by atoms with E-state index in [4.69, 9.17) is 9.47 Å². The molecule has 0 unspecified atom stereocenters. The number of methoxy groups -OCH3 is 1. The molecule has 182 valence electrons. The van der Waals surface area contributed by atoms with Gasteiger partial charge in [0.15, 0.2) is 0 Å². The first-order valence-corrected chi connectivity index (χ1v) is 12.0. The minimum atomic E-state index is -0.562. The summed E-state index contributed by atoms with van der Waals surface area (Å²) in [5.41, 5.74) is 0. The van der Waals surface area contributed by atoms with Gasteiger partial charge in [0.05, 0.1) is 19.8 Å². The van der Waals surface area contributed by atoms with Crippen LogP contribution in [-0.2, 0) is 23.9 Å². The molecule has 0 aromatic rings. The number of carbonyl (C=O) groups is 3. The summed E-state index contributed by atoms with van der Waals surface area (Å²) < 4.78 is 10.3. The molecule has 0 aliphatic carbocycles. The van der Waals surface area contributed by atoms with Crippen molar-refractivity contribution in [2.45, 2.75) is 90.5 Å². The third-order valence-electron chi connectivity index (χ3n) is 4.89. The van der Waals surface area contributed by atoms with Crippen molar-refractivity contribution in [3.8, 4) is 0 Å². The average molecular weight is 444 g/mol. The lowest BCUT2D eigenvalue weighted by molar-refractivity contribution is -0.129. The van der Waals surface area contributed by atoms with Crippen LogP contribution in [-0.4, -0.2) is 63.8 Å². The van der Waals surface area contributed by atoms with Gasteiger partial charge in [0.1, 0.15) is 6.04 Å². The summed E-state index contributed by atoms with van der Waals surface area (Å²) in [4.78, 5) is 36.5. The minimum absolute atomic E-state index is 0.0837. The summed E-state index contributed by atoms with van der Waals surface area (Å²) in [7, 11) is 1.61. The van der Waals surface area contributed by atoms with Crippen LogP contribution in [0.1, 0.15) is 84.5 Å². The molecule has 0 bridgehead atoms. The molecule has 1 atom stereocenters. The van der Waals surface area contributed by atoms with E-state index in [0.717, 1.165) is 51.4 Å². The zero-order valence-electron chi connectivity index (χ0n) is 19.9. The van der Waals surface area contributed by atoms with Gasteiger partial charge in [-0.05, 0) is 32.1 Å². The van der Waals surface area contributed by atoms with E-state index >= 15 is 0 Å². The Morgan fingerprint density at radius 2 is 1.42 bits per heavy atom. The van der Waals surface area contributed by atoms with Gasteiger partial charge in [0, 0.05) is 33.0 Å². The van der Waals surface area contributed by atoms with Crippen molar-refractivity contribution in [1.82, 2.24) is 16.0 Å². The normalized spacial score (nSPS) is 11.7. The Kier molecular flexibility index (Phi) is 20.4. The van der Waals surface area contributed by atoms with Crippen LogP contribution in [0.2, 0.25) is 0 Å². The zero-order valence-corrected chi connectivity index (χ0v) is 19.9. The number of hydrogen-bond acceptors (Lipinski definition) is 5. The second-order valence-electron chi connectivity index (χ2n) is 7.78. The minimum Gasteiger partial charge on any atom is -0.382 e. The third-order valence-corrected chi connectivity index (χ3v) is 4.89. The lowest BCUT2D eigenvalue weighted by Crippen LogP contribution is -2.47. The van der Waals surface area contributed by atoms with Gasteiger partial charge in [0.2, 0.25) is 17.7 Å². The highest BCUT2D eigenvalue weighted by Crippen LogP contribution is 2.05. The highest BCUT2D eigenvalue weighted by Gasteiger charge is 2.20. The topological polar surface area (TPSA) is 106 Å². The maximum atomic E-state index is 12.5. The number of amides is 3. The van der Waals surface area contributed by atoms with Crippen LogP contribution >= 0.6 is 0 Å². The number of unbranched alkanes of at least 4 members (excludes halogenated alkanes) is 5. The second-order valence-corrected chi connectivity index (χ2v) is 7.78. The molecule has 8 nitrogen and oxygen atoms in total. The molecule has 0 saturated carbocycles. The van der Waals surface area contributed by atoms with Crippen LogP contribution in [0.25, 0.3) is 0 Å². The van der Waals surface area contributed by atoms with Gasteiger partial charge in [-0.15, -0.1) is 0 Å². The molecule has 0 heterocycles. The molecule has 3 amide bonds. The number of carbonyl (C=O) groups excluding carboxylic acids is 3. The molecule has 0 aromatic carbocycles. The molecule has 0 spiro atoms. The molecule has 8 heteroatoms. The third kappa shape index (κ3) is 18.8. The molecule has 31 heavy (non-hydrogen) atoms. The maximum absolute atomic E-state index is 12.5. The molecular formula is C23H45N3O5. The van der Waals surface area contributed by atoms with Crippen molar-refractivity contribution in [1.29, 1.82) is 0 Å².